The van der Waals surface area contributed by atoms with Gasteiger partial charge in [-0.25, -0.2) is 0 Å². The first-order chi connectivity index (χ1) is 5.74. The molecule has 3 nitrogen and oxygen atoms in total. The van der Waals surface area contributed by atoms with Gasteiger partial charge in [-0.05, 0) is 20.8 Å². The van der Waals surface area contributed by atoms with E-state index in [4.69, 9.17) is 4.74 Å². The maximum Gasteiger partial charge on any atom is 0.110 e. The Hall–Kier alpha value is -0.830. The Morgan fingerprint density at radius 3 is 2.67 bits per heavy atom. The molecule has 1 fully saturated rings. The molecule has 0 spiro atoms. The van der Waals surface area contributed by atoms with Gasteiger partial charge in [0.25, 0.3) is 0 Å². The second-order valence-electron chi connectivity index (χ2n) is 3.22. The standard InChI is InChI=1S/C9H14N2O/c1-4-11-7(3)9(6(2)10-11)8-5-12-8/h8H,4-5H2,1-3H3/t8-/m1/s1. The minimum absolute atomic E-state index is 0.338. The molecule has 1 aliphatic rings. The van der Waals surface area contributed by atoms with Crippen LogP contribution in [0.4, 0.5) is 0 Å². The summed E-state index contributed by atoms with van der Waals surface area (Å²) in [5, 5.41) is 4.43. The quantitative estimate of drug-likeness (QED) is 0.624. The Labute approximate surface area is 72.3 Å². The van der Waals surface area contributed by atoms with Crippen LogP contribution in [0.25, 0.3) is 0 Å². The second kappa shape index (κ2) is 2.59. The van der Waals surface area contributed by atoms with E-state index >= 15 is 0 Å². The molecule has 1 aromatic rings. The maximum atomic E-state index is 5.26. The summed E-state index contributed by atoms with van der Waals surface area (Å²) in [7, 11) is 0. The lowest BCUT2D eigenvalue weighted by Gasteiger charge is -1.98. The van der Waals surface area contributed by atoms with Crippen molar-refractivity contribution in [3.8, 4) is 0 Å². The molecule has 1 atom stereocenters. The highest BCUT2D eigenvalue weighted by molar-refractivity contribution is 5.29. The van der Waals surface area contributed by atoms with Gasteiger partial charge in [0.05, 0.1) is 12.3 Å². The molecule has 1 aromatic heterocycles. The van der Waals surface area contributed by atoms with Gasteiger partial charge < -0.3 is 4.74 Å². The highest BCUT2D eigenvalue weighted by Crippen LogP contribution is 2.34. The van der Waals surface area contributed by atoms with Crippen molar-refractivity contribution in [3.05, 3.63) is 17.0 Å². The molecule has 66 valence electrons. The van der Waals surface area contributed by atoms with Gasteiger partial charge in [0, 0.05) is 17.8 Å². The van der Waals surface area contributed by atoms with E-state index in [1.165, 1.54) is 11.3 Å². The van der Waals surface area contributed by atoms with Crippen molar-refractivity contribution >= 4 is 0 Å². The van der Waals surface area contributed by atoms with E-state index in [2.05, 4.69) is 25.9 Å². The van der Waals surface area contributed by atoms with Crippen molar-refractivity contribution in [2.75, 3.05) is 6.61 Å². The van der Waals surface area contributed by atoms with Gasteiger partial charge in [0.2, 0.25) is 0 Å². The Morgan fingerprint density at radius 1 is 1.58 bits per heavy atom. The molecule has 1 aliphatic heterocycles. The van der Waals surface area contributed by atoms with Crippen molar-refractivity contribution in [1.82, 2.24) is 9.78 Å². The second-order valence-corrected chi connectivity index (χ2v) is 3.22. The third-order valence-corrected chi connectivity index (χ3v) is 2.39. The van der Waals surface area contributed by atoms with Gasteiger partial charge in [-0.1, -0.05) is 0 Å². The topological polar surface area (TPSA) is 30.4 Å². The first-order valence-electron chi connectivity index (χ1n) is 4.39. The van der Waals surface area contributed by atoms with Gasteiger partial charge in [-0.2, -0.15) is 5.10 Å². The summed E-state index contributed by atoms with van der Waals surface area (Å²) in [4.78, 5) is 0. The number of epoxide rings is 1. The van der Waals surface area contributed by atoms with E-state index in [9.17, 15) is 0 Å². The Balaban J connectivity index is 2.44. The molecule has 0 aromatic carbocycles. The fourth-order valence-electron chi connectivity index (χ4n) is 1.70. The Morgan fingerprint density at radius 2 is 2.25 bits per heavy atom. The third kappa shape index (κ3) is 1.05. The van der Waals surface area contributed by atoms with Crippen molar-refractivity contribution < 1.29 is 4.74 Å². The average Bonchev–Trinajstić information content (AvgIpc) is 2.80. The van der Waals surface area contributed by atoms with Crippen LogP contribution in [0, 0.1) is 13.8 Å². The normalized spacial score (nSPS) is 21.4. The molecule has 0 saturated carbocycles. The first-order valence-corrected chi connectivity index (χ1v) is 4.39. The van der Waals surface area contributed by atoms with E-state index in [1.54, 1.807) is 0 Å². The monoisotopic (exact) mass is 166 g/mol. The van der Waals surface area contributed by atoms with Crippen LogP contribution >= 0.6 is 0 Å². The molecule has 2 heterocycles. The zero-order chi connectivity index (χ0) is 8.72. The number of aryl methyl sites for hydroxylation is 2. The van der Waals surface area contributed by atoms with Crippen LogP contribution in [0.2, 0.25) is 0 Å². The molecular weight excluding hydrogens is 152 g/mol. The zero-order valence-corrected chi connectivity index (χ0v) is 7.79. The fourth-order valence-corrected chi connectivity index (χ4v) is 1.70. The summed E-state index contributed by atoms with van der Waals surface area (Å²) in [6, 6.07) is 0. The molecule has 0 unspecified atom stereocenters. The number of aromatic nitrogens is 2. The smallest absolute Gasteiger partial charge is 0.110 e. The van der Waals surface area contributed by atoms with E-state index in [-0.39, 0.29) is 0 Å². The third-order valence-electron chi connectivity index (χ3n) is 2.39. The van der Waals surface area contributed by atoms with Crippen LogP contribution in [0.1, 0.15) is 30.0 Å². The number of nitrogens with zero attached hydrogens (tertiary/aromatic N) is 2. The van der Waals surface area contributed by atoms with Crippen molar-refractivity contribution in [2.24, 2.45) is 0 Å². The lowest BCUT2D eigenvalue weighted by Crippen LogP contribution is -1.99. The summed E-state index contributed by atoms with van der Waals surface area (Å²) in [5.41, 5.74) is 3.69. The van der Waals surface area contributed by atoms with Gasteiger partial charge >= 0.3 is 0 Å². The zero-order valence-electron chi connectivity index (χ0n) is 7.79. The van der Waals surface area contributed by atoms with Crippen LogP contribution in [-0.2, 0) is 11.3 Å². The van der Waals surface area contributed by atoms with Gasteiger partial charge in [-0.15, -0.1) is 0 Å². The SMILES string of the molecule is CCn1nc(C)c([C@H]2CO2)c1C. The summed E-state index contributed by atoms with van der Waals surface area (Å²) < 4.78 is 7.29. The van der Waals surface area contributed by atoms with E-state index in [0.717, 1.165) is 18.8 Å². The molecule has 0 radical (unpaired) electrons. The average molecular weight is 166 g/mol. The number of ether oxygens (including phenoxy) is 1. The first kappa shape index (κ1) is 7.80. The highest BCUT2D eigenvalue weighted by Gasteiger charge is 2.30. The minimum atomic E-state index is 0.338. The van der Waals surface area contributed by atoms with E-state index in [1.807, 2.05) is 4.68 Å². The summed E-state index contributed by atoms with van der Waals surface area (Å²) in [5.74, 6) is 0. The Bertz CT molecular complexity index is 300. The summed E-state index contributed by atoms with van der Waals surface area (Å²) in [6.45, 7) is 8.09. The van der Waals surface area contributed by atoms with E-state index < -0.39 is 0 Å². The predicted octanol–water partition coefficient (Wildman–Crippen LogP) is 1.59. The van der Waals surface area contributed by atoms with Crippen molar-refractivity contribution in [1.29, 1.82) is 0 Å². The largest absolute Gasteiger partial charge is 0.368 e. The lowest BCUT2D eigenvalue weighted by atomic mass is 10.1. The Kier molecular flexibility index (Phi) is 1.68. The molecule has 0 aliphatic carbocycles. The molecule has 0 bridgehead atoms. The van der Waals surface area contributed by atoms with Gasteiger partial charge in [-0.3, -0.25) is 4.68 Å². The maximum absolute atomic E-state index is 5.26. The number of hydrogen-bond donors (Lipinski definition) is 0. The number of rotatable bonds is 2. The molecule has 3 heteroatoms. The van der Waals surface area contributed by atoms with Crippen LogP contribution in [0.3, 0.4) is 0 Å². The molecular formula is C9H14N2O. The predicted molar refractivity (Wildman–Crippen MR) is 46.1 cm³/mol. The number of hydrogen-bond acceptors (Lipinski definition) is 2. The lowest BCUT2D eigenvalue weighted by molar-refractivity contribution is 0.414. The van der Waals surface area contributed by atoms with Crippen molar-refractivity contribution in [3.63, 3.8) is 0 Å². The van der Waals surface area contributed by atoms with Gasteiger partial charge in [0.1, 0.15) is 6.10 Å². The molecule has 0 N–H and O–H groups in total. The summed E-state index contributed by atoms with van der Waals surface area (Å²) in [6.07, 6.45) is 0.338. The summed E-state index contributed by atoms with van der Waals surface area (Å²) >= 11 is 0. The van der Waals surface area contributed by atoms with Crippen LogP contribution in [-0.4, -0.2) is 16.4 Å². The van der Waals surface area contributed by atoms with Crippen LogP contribution < -0.4 is 0 Å². The molecule has 1 saturated heterocycles. The van der Waals surface area contributed by atoms with Crippen LogP contribution in [0.5, 0.6) is 0 Å². The van der Waals surface area contributed by atoms with Crippen molar-refractivity contribution in [2.45, 2.75) is 33.4 Å². The highest BCUT2D eigenvalue weighted by atomic mass is 16.6. The fraction of sp³-hybridized carbons (Fsp3) is 0.667. The molecule has 12 heavy (non-hydrogen) atoms. The minimum Gasteiger partial charge on any atom is -0.368 e. The molecule has 0 amide bonds. The van der Waals surface area contributed by atoms with Gasteiger partial charge in [0.15, 0.2) is 0 Å². The molecule has 2 rings (SSSR count). The van der Waals surface area contributed by atoms with Crippen LogP contribution in [0.15, 0.2) is 0 Å². The van der Waals surface area contributed by atoms with E-state index in [0.29, 0.717) is 6.10 Å².